The predicted molar refractivity (Wildman–Crippen MR) is 46.9 cm³/mol. The molecule has 0 aliphatic carbocycles. The first-order valence-electron chi connectivity index (χ1n) is 3.11. The van der Waals surface area contributed by atoms with Gasteiger partial charge in [-0.05, 0) is 12.1 Å². The minimum Gasteiger partial charge on any atom is -0.360 e. The molecule has 0 spiro atoms. The van der Waals surface area contributed by atoms with Gasteiger partial charge in [0.2, 0.25) is 0 Å². The van der Waals surface area contributed by atoms with E-state index in [0.717, 1.165) is 11.4 Å². The number of nitrogens with one attached hydrogen (secondary N) is 1. The first-order valence-corrected chi connectivity index (χ1v) is 4.37. The van der Waals surface area contributed by atoms with E-state index in [4.69, 9.17) is 11.6 Å². The van der Waals surface area contributed by atoms with Crippen molar-refractivity contribution in [2.75, 3.05) is 0 Å². The number of halogens is 1. The molecule has 2 aromatic rings. The Morgan fingerprint density at radius 3 is 3.00 bits per heavy atom. The minimum atomic E-state index is 0.578. The van der Waals surface area contributed by atoms with Crippen molar-refractivity contribution in [3.63, 3.8) is 0 Å². The quantitative estimate of drug-likeness (QED) is 0.726. The molecule has 0 atom stereocenters. The number of rotatable bonds is 1. The molecule has 56 valence electrons. The van der Waals surface area contributed by atoms with Crippen LogP contribution < -0.4 is 0 Å². The van der Waals surface area contributed by atoms with Gasteiger partial charge in [-0.2, -0.15) is 0 Å². The Morgan fingerprint density at radius 1 is 1.55 bits per heavy atom. The molecule has 0 unspecified atom stereocenters. The van der Waals surface area contributed by atoms with E-state index in [2.05, 4.69) is 9.97 Å². The fourth-order valence-corrected chi connectivity index (χ4v) is 1.63. The highest BCUT2D eigenvalue weighted by Crippen LogP contribution is 2.22. The highest BCUT2D eigenvalue weighted by molar-refractivity contribution is 7.14. The summed E-state index contributed by atoms with van der Waals surface area (Å²) in [5.74, 6) is 0. The third-order valence-electron chi connectivity index (χ3n) is 1.35. The van der Waals surface area contributed by atoms with Crippen LogP contribution in [0.2, 0.25) is 4.47 Å². The standard InChI is InChI=1S/C7H5ClN2S/c8-7-10-6(4-11-7)5-2-1-3-9-5/h1-4,9H. The zero-order valence-electron chi connectivity index (χ0n) is 5.54. The van der Waals surface area contributed by atoms with Gasteiger partial charge in [-0.25, -0.2) is 4.98 Å². The second-order valence-electron chi connectivity index (χ2n) is 2.07. The summed E-state index contributed by atoms with van der Waals surface area (Å²) in [4.78, 5) is 7.16. The third kappa shape index (κ3) is 1.29. The second kappa shape index (κ2) is 2.68. The van der Waals surface area contributed by atoms with Crippen LogP contribution in [0.3, 0.4) is 0 Å². The van der Waals surface area contributed by atoms with Crippen LogP contribution in [0, 0.1) is 0 Å². The van der Waals surface area contributed by atoms with E-state index in [1.54, 1.807) is 0 Å². The Morgan fingerprint density at radius 2 is 2.45 bits per heavy atom. The summed E-state index contributed by atoms with van der Waals surface area (Å²) >= 11 is 7.11. The van der Waals surface area contributed by atoms with E-state index >= 15 is 0 Å². The van der Waals surface area contributed by atoms with E-state index < -0.39 is 0 Å². The summed E-state index contributed by atoms with van der Waals surface area (Å²) in [5.41, 5.74) is 1.91. The molecule has 0 saturated heterocycles. The number of hydrogen-bond acceptors (Lipinski definition) is 2. The Balaban J connectivity index is 2.45. The normalized spacial score (nSPS) is 10.3. The highest BCUT2D eigenvalue weighted by atomic mass is 35.5. The molecule has 1 N–H and O–H groups in total. The van der Waals surface area contributed by atoms with Crippen molar-refractivity contribution in [3.8, 4) is 11.4 Å². The van der Waals surface area contributed by atoms with E-state index in [0.29, 0.717) is 4.47 Å². The number of hydrogen-bond donors (Lipinski definition) is 1. The molecule has 0 saturated carbocycles. The fourth-order valence-electron chi connectivity index (χ4n) is 0.865. The summed E-state index contributed by atoms with van der Waals surface area (Å²) in [7, 11) is 0. The maximum atomic E-state index is 5.67. The van der Waals surface area contributed by atoms with Gasteiger partial charge in [0.05, 0.1) is 11.4 Å². The maximum Gasteiger partial charge on any atom is 0.184 e. The van der Waals surface area contributed by atoms with Crippen molar-refractivity contribution in [2.45, 2.75) is 0 Å². The van der Waals surface area contributed by atoms with Gasteiger partial charge in [-0.3, -0.25) is 0 Å². The fraction of sp³-hybridized carbons (Fsp3) is 0. The zero-order chi connectivity index (χ0) is 7.68. The first kappa shape index (κ1) is 6.88. The van der Waals surface area contributed by atoms with E-state index in [-0.39, 0.29) is 0 Å². The van der Waals surface area contributed by atoms with E-state index in [1.807, 2.05) is 23.7 Å². The number of H-pyrrole nitrogens is 1. The topological polar surface area (TPSA) is 28.7 Å². The number of aromatic nitrogens is 2. The van der Waals surface area contributed by atoms with Gasteiger partial charge < -0.3 is 4.98 Å². The van der Waals surface area contributed by atoms with Gasteiger partial charge in [0.1, 0.15) is 0 Å². The molecular weight excluding hydrogens is 180 g/mol. The molecule has 0 aliphatic rings. The largest absolute Gasteiger partial charge is 0.360 e. The van der Waals surface area contributed by atoms with Crippen LogP contribution in [0.15, 0.2) is 23.7 Å². The smallest absolute Gasteiger partial charge is 0.184 e. The molecule has 2 rings (SSSR count). The van der Waals surface area contributed by atoms with Crippen molar-refractivity contribution in [3.05, 3.63) is 28.2 Å². The number of nitrogens with zero attached hydrogens (tertiary/aromatic N) is 1. The maximum absolute atomic E-state index is 5.67. The molecule has 2 nitrogen and oxygen atoms in total. The molecule has 0 radical (unpaired) electrons. The summed E-state index contributed by atoms with van der Waals surface area (Å²) in [6.07, 6.45) is 1.86. The van der Waals surface area contributed by atoms with Gasteiger partial charge in [-0.1, -0.05) is 11.6 Å². The summed E-state index contributed by atoms with van der Waals surface area (Å²) < 4.78 is 0.578. The molecule has 0 aromatic carbocycles. The van der Waals surface area contributed by atoms with Crippen LogP contribution >= 0.6 is 22.9 Å². The summed E-state index contributed by atoms with van der Waals surface area (Å²) in [6, 6.07) is 3.90. The summed E-state index contributed by atoms with van der Waals surface area (Å²) in [6.45, 7) is 0. The molecule has 2 aromatic heterocycles. The van der Waals surface area contributed by atoms with E-state index in [9.17, 15) is 0 Å². The van der Waals surface area contributed by atoms with Crippen LogP contribution in [-0.2, 0) is 0 Å². The van der Waals surface area contributed by atoms with Crippen LogP contribution in [0.1, 0.15) is 0 Å². The van der Waals surface area contributed by atoms with Gasteiger partial charge in [0.15, 0.2) is 4.47 Å². The molecule has 11 heavy (non-hydrogen) atoms. The SMILES string of the molecule is Clc1nc(-c2ccc[nH]2)cs1. The van der Waals surface area contributed by atoms with Gasteiger partial charge >= 0.3 is 0 Å². The molecule has 0 fully saturated rings. The van der Waals surface area contributed by atoms with Crippen molar-refractivity contribution in [1.82, 2.24) is 9.97 Å². The molecule has 0 bridgehead atoms. The average molecular weight is 185 g/mol. The Hall–Kier alpha value is -0.800. The number of thiazole rings is 1. The van der Waals surface area contributed by atoms with Crippen LogP contribution in [0.25, 0.3) is 11.4 Å². The van der Waals surface area contributed by atoms with Crippen LogP contribution in [0.4, 0.5) is 0 Å². The Labute approximate surface area is 72.9 Å². The average Bonchev–Trinajstić information content (AvgIpc) is 2.55. The van der Waals surface area contributed by atoms with E-state index in [1.165, 1.54) is 11.3 Å². The third-order valence-corrected chi connectivity index (χ3v) is 2.33. The molecule has 4 heteroatoms. The number of aromatic amines is 1. The van der Waals surface area contributed by atoms with Gasteiger partial charge in [0.25, 0.3) is 0 Å². The van der Waals surface area contributed by atoms with Crippen LogP contribution in [0.5, 0.6) is 0 Å². The van der Waals surface area contributed by atoms with Crippen molar-refractivity contribution < 1.29 is 0 Å². The Kier molecular flexibility index (Phi) is 1.68. The monoisotopic (exact) mass is 184 g/mol. The minimum absolute atomic E-state index is 0.578. The predicted octanol–water partition coefficient (Wildman–Crippen LogP) is 2.79. The molecular formula is C7H5ClN2S. The van der Waals surface area contributed by atoms with Crippen molar-refractivity contribution in [1.29, 1.82) is 0 Å². The first-order chi connectivity index (χ1) is 5.36. The Bertz CT molecular complexity index is 339. The summed E-state index contributed by atoms with van der Waals surface area (Å²) in [5, 5.41) is 1.92. The molecule has 0 amide bonds. The highest BCUT2D eigenvalue weighted by Gasteiger charge is 2.01. The lowest BCUT2D eigenvalue weighted by atomic mass is 10.3. The molecule has 0 aliphatic heterocycles. The van der Waals surface area contributed by atoms with Crippen LogP contribution in [-0.4, -0.2) is 9.97 Å². The molecule has 2 heterocycles. The second-order valence-corrected chi connectivity index (χ2v) is 3.51. The lowest BCUT2D eigenvalue weighted by Crippen LogP contribution is -1.73. The van der Waals surface area contributed by atoms with Crippen molar-refractivity contribution >= 4 is 22.9 Å². The van der Waals surface area contributed by atoms with Gasteiger partial charge in [0, 0.05) is 11.6 Å². The lowest BCUT2D eigenvalue weighted by Gasteiger charge is -1.86. The lowest BCUT2D eigenvalue weighted by molar-refractivity contribution is 1.33. The van der Waals surface area contributed by atoms with Crippen molar-refractivity contribution in [2.24, 2.45) is 0 Å². The zero-order valence-corrected chi connectivity index (χ0v) is 7.12. The van der Waals surface area contributed by atoms with Gasteiger partial charge in [-0.15, -0.1) is 11.3 Å².